The lowest BCUT2D eigenvalue weighted by Crippen LogP contribution is -2.26. The van der Waals surface area contributed by atoms with Crippen LogP contribution in [0.5, 0.6) is 0 Å². The van der Waals surface area contributed by atoms with Crippen LogP contribution in [-0.4, -0.2) is 16.8 Å². The third-order valence-corrected chi connectivity index (χ3v) is 9.74. The molecule has 1 nitrogen and oxygen atoms in total. The van der Waals surface area contributed by atoms with Crippen molar-refractivity contribution in [1.82, 2.24) is 0 Å². The van der Waals surface area contributed by atoms with Crippen LogP contribution in [0.15, 0.2) is 87.7 Å². The molecule has 0 saturated heterocycles. The van der Waals surface area contributed by atoms with E-state index < -0.39 is 0 Å². The molecule has 0 amide bonds. The minimum absolute atomic E-state index is 0.0208. The maximum atomic E-state index is 7.04. The summed E-state index contributed by atoms with van der Waals surface area (Å²) in [6, 6.07) is 6.84. The summed E-state index contributed by atoms with van der Waals surface area (Å²) >= 11 is 7.04. The van der Waals surface area contributed by atoms with Gasteiger partial charge in [0.15, 0.2) is 5.71 Å². The average molecular weight is 543 g/mol. The molecule has 208 valence electrons. The summed E-state index contributed by atoms with van der Waals surface area (Å²) in [4.78, 5) is 0. The van der Waals surface area contributed by atoms with E-state index in [-0.39, 0.29) is 10.8 Å². The van der Waals surface area contributed by atoms with E-state index in [1.165, 1.54) is 44.8 Å². The average Bonchev–Trinajstić information content (AvgIpc) is 3.34. The highest BCUT2D eigenvalue weighted by Gasteiger charge is 2.46. The van der Waals surface area contributed by atoms with E-state index in [1.807, 2.05) is 0 Å². The molecule has 0 fully saturated rings. The molecule has 1 aliphatic heterocycles. The summed E-state index contributed by atoms with van der Waals surface area (Å²) in [7, 11) is 0. The van der Waals surface area contributed by atoms with E-state index in [2.05, 4.69) is 122 Å². The second-order valence-electron chi connectivity index (χ2n) is 12.9. The maximum Gasteiger partial charge on any atom is 0.205 e. The summed E-state index contributed by atoms with van der Waals surface area (Å²) < 4.78 is 2.50. The van der Waals surface area contributed by atoms with E-state index in [4.69, 9.17) is 11.6 Å². The van der Waals surface area contributed by atoms with Crippen LogP contribution >= 0.6 is 11.6 Å². The predicted octanol–water partition coefficient (Wildman–Crippen LogP) is 10.4. The molecule has 0 radical (unpaired) electrons. The van der Waals surface area contributed by atoms with Crippen molar-refractivity contribution in [2.45, 2.75) is 99.8 Å². The standard InChI is InChI=1S/C37H49ClN/c1-10-12-30(36(6,7)31-23-25(3)13-15-27(31)5)20-18-28-16-17-29(35(28)38)19-22-34-37(8,9)32-24-26(4)14-21-33(32)39(34)11-2/h13-15,18-23,26H,10-12,16-17,24H2,1-9H3/q+1/b22-19+,28-18+,30-20-/t26-/m1/s1. The summed E-state index contributed by atoms with van der Waals surface area (Å²) in [6.45, 7) is 21.8. The number of nitrogens with zero attached hydrogens (tertiary/aromatic N) is 1. The molecule has 1 aromatic carbocycles. The van der Waals surface area contributed by atoms with Crippen molar-refractivity contribution < 1.29 is 4.58 Å². The van der Waals surface area contributed by atoms with E-state index >= 15 is 0 Å². The molecule has 2 aliphatic carbocycles. The van der Waals surface area contributed by atoms with Crippen molar-refractivity contribution in [2.24, 2.45) is 11.3 Å². The van der Waals surface area contributed by atoms with E-state index in [1.54, 1.807) is 5.57 Å². The Morgan fingerprint density at radius 2 is 1.87 bits per heavy atom. The SMILES string of the molecule is CCC/C(=C/C=C1\CCC(/C=C/C2=[N+](CC)C3=C(C[C@H](C)C=C3)C2(C)C)=C1Cl)C(C)(C)c1cc(C)ccc1C. The lowest BCUT2D eigenvalue weighted by molar-refractivity contribution is -0.465. The lowest BCUT2D eigenvalue weighted by atomic mass is 9.73. The van der Waals surface area contributed by atoms with Crippen molar-refractivity contribution in [3.8, 4) is 0 Å². The summed E-state index contributed by atoms with van der Waals surface area (Å²) in [6.07, 6.45) is 19.4. The fraction of sp³-hybridized carbons (Fsp3) is 0.486. The van der Waals surface area contributed by atoms with Crippen molar-refractivity contribution in [1.29, 1.82) is 0 Å². The van der Waals surface area contributed by atoms with Crippen molar-refractivity contribution in [3.05, 3.63) is 104 Å². The van der Waals surface area contributed by atoms with Crippen LogP contribution in [0.25, 0.3) is 0 Å². The molecule has 0 N–H and O–H groups in total. The molecule has 4 rings (SSSR count). The molecule has 0 bridgehead atoms. The molecule has 0 unspecified atom stereocenters. The Labute approximate surface area is 243 Å². The Hall–Kier alpha value is -2.38. The zero-order valence-corrected chi connectivity index (χ0v) is 26.6. The second-order valence-corrected chi connectivity index (χ2v) is 13.3. The van der Waals surface area contributed by atoms with Crippen LogP contribution in [0.1, 0.15) is 97.3 Å². The van der Waals surface area contributed by atoms with Gasteiger partial charge in [0.25, 0.3) is 0 Å². The van der Waals surface area contributed by atoms with Gasteiger partial charge >= 0.3 is 0 Å². The van der Waals surface area contributed by atoms with Gasteiger partial charge in [-0.25, -0.2) is 0 Å². The highest BCUT2D eigenvalue weighted by Crippen LogP contribution is 2.44. The normalized spacial score (nSPS) is 22.8. The highest BCUT2D eigenvalue weighted by atomic mass is 35.5. The van der Waals surface area contributed by atoms with E-state index in [0.29, 0.717) is 5.92 Å². The number of allylic oxidation sites excluding steroid dienone is 11. The zero-order valence-electron chi connectivity index (χ0n) is 25.8. The Bertz CT molecular complexity index is 1350. The van der Waals surface area contributed by atoms with Crippen LogP contribution in [0.4, 0.5) is 0 Å². The van der Waals surface area contributed by atoms with Crippen molar-refractivity contribution in [2.75, 3.05) is 6.54 Å². The monoisotopic (exact) mass is 542 g/mol. The third-order valence-electron chi connectivity index (χ3n) is 9.25. The lowest BCUT2D eigenvalue weighted by Gasteiger charge is -2.31. The van der Waals surface area contributed by atoms with Gasteiger partial charge in [-0.05, 0) is 88.5 Å². The first kappa shape index (κ1) is 29.6. The number of rotatable bonds is 8. The Morgan fingerprint density at radius 3 is 2.56 bits per heavy atom. The summed E-state index contributed by atoms with van der Waals surface area (Å²) in [5.41, 5.74) is 12.5. The van der Waals surface area contributed by atoms with Crippen LogP contribution in [0.3, 0.4) is 0 Å². The van der Waals surface area contributed by atoms with Crippen molar-refractivity contribution >= 4 is 17.3 Å². The molecule has 39 heavy (non-hydrogen) atoms. The minimum Gasteiger partial charge on any atom is -0.196 e. The molecular formula is C37H49ClN+. The molecule has 3 aliphatic rings. The van der Waals surface area contributed by atoms with Gasteiger partial charge < -0.3 is 0 Å². The Morgan fingerprint density at radius 1 is 1.13 bits per heavy atom. The fourth-order valence-corrected chi connectivity index (χ4v) is 7.10. The van der Waals surface area contributed by atoms with Gasteiger partial charge in [-0.1, -0.05) is 99.4 Å². The van der Waals surface area contributed by atoms with Crippen LogP contribution < -0.4 is 0 Å². The first-order valence-electron chi connectivity index (χ1n) is 15.0. The zero-order chi connectivity index (χ0) is 28.5. The molecule has 2 heteroatoms. The number of likely N-dealkylation sites (N-methyl/N-ethyl adjacent to an activating group) is 1. The number of hydrogen-bond acceptors (Lipinski definition) is 0. The van der Waals surface area contributed by atoms with Gasteiger partial charge in [0.2, 0.25) is 5.70 Å². The van der Waals surface area contributed by atoms with Gasteiger partial charge in [0.05, 0.1) is 5.41 Å². The topological polar surface area (TPSA) is 3.01 Å². The molecular weight excluding hydrogens is 494 g/mol. The highest BCUT2D eigenvalue weighted by molar-refractivity contribution is 6.33. The Kier molecular flexibility index (Phi) is 8.82. The molecule has 1 aromatic rings. The fourth-order valence-electron chi connectivity index (χ4n) is 6.78. The molecule has 0 aromatic heterocycles. The molecule has 0 saturated carbocycles. The second kappa shape index (κ2) is 11.6. The van der Waals surface area contributed by atoms with Gasteiger partial charge in [-0.3, -0.25) is 0 Å². The third kappa shape index (κ3) is 5.76. The Balaban J connectivity index is 1.63. The quantitative estimate of drug-likeness (QED) is 0.287. The smallest absolute Gasteiger partial charge is 0.196 e. The van der Waals surface area contributed by atoms with Crippen LogP contribution in [0.2, 0.25) is 0 Å². The van der Waals surface area contributed by atoms with Gasteiger partial charge in [0.1, 0.15) is 6.54 Å². The first-order chi connectivity index (χ1) is 18.4. The van der Waals surface area contributed by atoms with E-state index in [0.717, 1.165) is 43.7 Å². The molecule has 0 spiro atoms. The number of halogens is 1. The van der Waals surface area contributed by atoms with Gasteiger partial charge in [-0.15, -0.1) is 0 Å². The summed E-state index contributed by atoms with van der Waals surface area (Å²) in [5.74, 6) is 0.607. The first-order valence-corrected chi connectivity index (χ1v) is 15.4. The summed E-state index contributed by atoms with van der Waals surface area (Å²) in [5, 5.41) is 0.939. The van der Waals surface area contributed by atoms with Crippen molar-refractivity contribution in [3.63, 3.8) is 0 Å². The number of hydrogen-bond donors (Lipinski definition) is 0. The van der Waals surface area contributed by atoms with Crippen LogP contribution in [-0.2, 0) is 5.41 Å². The van der Waals surface area contributed by atoms with E-state index in [9.17, 15) is 0 Å². The molecule has 1 atom stereocenters. The van der Waals surface area contributed by atoms with Gasteiger partial charge in [-0.2, -0.15) is 4.58 Å². The largest absolute Gasteiger partial charge is 0.205 e. The van der Waals surface area contributed by atoms with Gasteiger partial charge in [0, 0.05) is 28.2 Å². The maximum absolute atomic E-state index is 7.04. The minimum atomic E-state index is -0.0208. The number of aryl methyl sites for hydroxylation is 2. The molecule has 1 heterocycles. The van der Waals surface area contributed by atoms with Crippen LogP contribution in [0, 0.1) is 25.2 Å². The number of benzene rings is 1. The predicted molar refractivity (Wildman–Crippen MR) is 171 cm³/mol.